The predicted molar refractivity (Wildman–Crippen MR) is 115 cm³/mol. The number of furan rings is 1. The van der Waals surface area contributed by atoms with Gasteiger partial charge in [0.05, 0.1) is 18.3 Å². The summed E-state index contributed by atoms with van der Waals surface area (Å²) in [6.45, 7) is 6.96. The van der Waals surface area contributed by atoms with Crippen molar-refractivity contribution >= 4 is 22.9 Å². The van der Waals surface area contributed by atoms with Gasteiger partial charge in [0.15, 0.2) is 5.58 Å². The number of nitrogens with zero attached hydrogens (tertiary/aromatic N) is 2. The predicted octanol–water partition coefficient (Wildman–Crippen LogP) is 4.33. The van der Waals surface area contributed by atoms with Crippen LogP contribution in [-0.4, -0.2) is 38.9 Å². The standard InChI is InChI=1S/C24H33N3O3/c1-15-7-6-10-18(16(15)2)25-23(29)24(3)14-26-19-11-12-30-21(19)13-20(26)22(28)27(24)17-8-4-5-9-17/h11-13,15-18H,4-10,14H2,1-3H3,(H,25,29)/t15-,16+,18+,24-/m1/s1. The summed E-state index contributed by atoms with van der Waals surface area (Å²) in [7, 11) is 0. The number of nitrogens with one attached hydrogen (secondary N) is 1. The molecular weight excluding hydrogens is 378 g/mol. The van der Waals surface area contributed by atoms with Crippen LogP contribution in [0, 0.1) is 11.8 Å². The monoisotopic (exact) mass is 411 g/mol. The molecule has 3 heterocycles. The topological polar surface area (TPSA) is 67.5 Å². The highest BCUT2D eigenvalue weighted by molar-refractivity contribution is 6.03. The fourth-order valence-electron chi connectivity index (χ4n) is 6.08. The van der Waals surface area contributed by atoms with E-state index in [9.17, 15) is 9.59 Å². The third-order valence-electron chi connectivity index (χ3n) is 8.16. The Kier molecular flexibility index (Phi) is 4.71. The second-order valence-electron chi connectivity index (χ2n) is 10.0. The van der Waals surface area contributed by atoms with Crippen LogP contribution in [0.5, 0.6) is 0 Å². The summed E-state index contributed by atoms with van der Waals surface area (Å²) in [4.78, 5) is 29.4. The van der Waals surface area contributed by atoms with Gasteiger partial charge in [0, 0.05) is 24.2 Å². The molecule has 2 fully saturated rings. The van der Waals surface area contributed by atoms with Crippen LogP contribution in [0.15, 0.2) is 22.8 Å². The first kappa shape index (κ1) is 19.7. The Morgan fingerprint density at radius 2 is 1.93 bits per heavy atom. The molecule has 2 aromatic rings. The molecule has 162 valence electrons. The zero-order valence-electron chi connectivity index (χ0n) is 18.3. The molecule has 5 rings (SSSR count). The number of fused-ring (bicyclic) bond motifs is 3. The van der Waals surface area contributed by atoms with E-state index in [0.29, 0.717) is 29.7 Å². The summed E-state index contributed by atoms with van der Waals surface area (Å²) in [6, 6.07) is 4.03. The Morgan fingerprint density at radius 3 is 2.70 bits per heavy atom. The number of amides is 2. The first-order chi connectivity index (χ1) is 14.4. The highest BCUT2D eigenvalue weighted by atomic mass is 16.3. The number of carbonyl (C=O) groups is 2. The highest BCUT2D eigenvalue weighted by Crippen LogP contribution is 2.38. The molecule has 6 heteroatoms. The van der Waals surface area contributed by atoms with Gasteiger partial charge in [-0.15, -0.1) is 0 Å². The smallest absolute Gasteiger partial charge is 0.271 e. The van der Waals surface area contributed by atoms with Crippen LogP contribution < -0.4 is 5.32 Å². The van der Waals surface area contributed by atoms with E-state index in [4.69, 9.17) is 4.42 Å². The fourth-order valence-corrected chi connectivity index (χ4v) is 6.08. The number of aromatic nitrogens is 1. The van der Waals surface area contributed by atoms with E-state index < -0.39 is 5.54 Å². The van der Waals surface area contributed by atoms with Crippen molar-refractivity contribution in [3.05, 3.63) is 24.1 Å². The van der Waals surface area contributed by atoms with Crippen molar-refractivity contribution in [3.63, 3.8) is 0 Å². The summed E-state index contributed by atoms with van der Waals surface area (Å²) >= 11 is 0. The molecule has 2 saturated carbocycles. The minimum atomic E-state index is -0.900. The number of rotatable bonds is 3. The van der Waals surface area contributed by atoms with Gasteiger partial charge in [-0.25, -0.2) is 0 Å². The maximum Gasteiger partial charge on any atom is 0.271 e. The van der Waals surface area contributed by atoms with Gasteiger partial charge in [-0.05, 0) is 38.0 Å². The van der Waals surface area contributed by atoms with Crippen molar-refractivity contribution in [2.45, 2.75) is 89.9 Å². The number of carbonyl (C=O) groups excluding carboxylic acids is 2. The fraction of sp³-hybridized carbons (Fsp3) is 0.667. The van der Waals surface area contributed by atoms with E-state index >= 15 is 0 Å². The molecule has 30 heavy (non-hydrogen) atoms. The minimum Gasteiger partial charge on any atom is -0.463 e. The van der Waals surface area contributed by atoms with Gasteiger partial charge in [-0.3, -0.25) is 9.59 Å². The maximum atomic E-state index is 13.8. The van der Waals surface area contributed by atoms with E-state index in [-0.39, 0.29) is 23.9 Å². The molecule has 6 nitrogen and oxygen atoms in total. The average molecular weight is 412 g/mol. The summed E-state index contributed by atoms with van der Waals surface area (Å²) in [6.07, 6.45) is 9.22. The molecule has 3 aliphatic rings. The Hall–Kier alpha value is -2.24. The quantitative estimate of drug-likeness (QED) is 0.817. The Bertz CT molecular complexity index is 970. The lowest BCUT2D eigenvalue weighted by Gasteiger charge is -2.48. The van der Waals surface area contributed by atoms with Crippen LogP contribution in [-0.2, 0) is 11.3 Å². The maximum absolute atomic E-state index is 13.8. The van der Waals surface area contributed by atoms with Crippen molar-refractivity contribution in [2.24, 2.45) is 11.8 Å². The third-order valence-corrected chi connectivity index (χ3v) is 8.16. The molecule has 1 aliphatic heterocycles. The molecule has 0 unspecified atom stereocenters. The van der Waals surface area contributed by atoms with Gasteiger partial charge in [-0.1, -0.05) is 39.5 Å². The van der Waals surface area contributed by atoms with Crippen molar-refractivity contribution < 1.29 is 14.0 Å². The van der Waals surface area contributed by atoms with Crippen molar-refractivity contribution in [1.29, 1.82) is 0 Å². The van der Waals surface area contributed by atoms with Crippen LogP contribution in [0.4, 0.5) is 0 Å². The first-order valence-corrected chi connectivity index (χ1v) is 11.6. The molecule has 0 radical (unpaired) electrons. The zero-order valence-corrected chi connectivity index (χ0v) is 18.3. The molecule has 0 bridgehead atoms. The lowest BCUT2D eigenvalue weighted by Crippen LogP contribution is -2.67. The molecular formula is C24H33N3O3. The Balaban J connectivity index is 1.52. The second kappa shape index (κ2) is 7.17. The summed E-state index contributed by atoms with van der Waals surface area (Å²) in [5.41, 5.74) is 1.34. The first-order valence-electron chi connectivity index (χ1n) is 11.6. The van der Waals surface area contributed by atoms with Gasteiger partial charge in [0.25, 0.3) is 5.91 Å². The molecule has 0 saturated heterocycles. The zero-order chi connectivity index (χ0) is 21.0. The normalized spacial score (nSPS) is 32.6. The lowest BCUT2D eigenvalue weighted by atomic mass is 9.77. The van der Waals surface area contributed by atoms with Crippen LogP contribution >= 0.6 is 0 Å². The van der Waals surface area contributed by atoms with E-state index in [2.05, 4.69) is 19.2 Å². The number of hydrogen-bond donors (Lipinski definition) is 1. The molecule has 4 atom stereocenters. The Morgan fingerprint density at radius 1 is 1.17 bits per heavy atom. The van der Waals surface area contributed by atoms with Crippen LogP contribution in [0.3, 0.4) is 0 Å². The van der Waals surface area contributed by atoms with Crippen molar-refractivity contribution in [1.82, 2.24) is 14.8 Å². The molecule has 2 aromatic heterocycles. The molecule has 2 aliphatic carbocycles. The largest absolute Gasteiger partial charge is 0.463 e. The van der Waals surface area contributed by atoms with Crippen LogP contribution in [0.25, 0.3) is 11.1 Å². The lowest BCUT2D eigenvalue weighted by molar-refractivity contribution is -0.135. The van der Waals surface area contributed by atoms with E-state index in [1.807, 2.05) is 28.5 Å². The summed E-state index contributed by atoms with van der Waals surface area (Å²) in [5, 5.41) is 3.38. The summed E-state index contributed by atoms with van der Waals surface area (Å²) in [5.74, 6) is 1.01. The number of hydrogen-bond acceptors (Lipinski definition) is 3. The van der Waals surface area contributed by atoms with Gasteiger partial charge < -0.3 is 19.2 Å². The van der Waals surface area contributed by atoms with Crippen molar-refractivity contribution in [2.75, 3.05) is 0 Å². The third kappa shape index (κ3) is 2.90. The van der Waals surface area contributed by atoms with E-state index in [0.717, 1.165) is 44.0 Å². The molecule has 2 amide bonds. The molecule has 0 spiro atoms. The Labute approximate surface area is 178 Å². The van der Waals surface area contributed by atoms with Crippen molar-refractivity contribution in [3.8, 4) is 0 Å². The van der Waals surface area contributed by atoms with Gasteiger partial charge in [0.1, 0.15) is 11.2 Å². The minimum absolute atomic E-state index is 0.00954. The van der Waals surface area contributed by atoms with Crippen LogP contribution in [0.1, 0.15) is 76.2 Å². The van der Waals surface area contributed by atoms with E-state index in [1.165, 1.54) is 6.42 Å². The van der Waals surface area contributed by atoms with Gasteiger partial charge in [0.2, 0.25) is 5.91 Å². The SMILES string of the molecule is C[C@H]1[C@H](C)CCC[C@@H]1NC(=O)[C@@]1(C)Cn2c(cc3occc32)C(=O)N1C1CCCC1. The summed E-state index contributed by atoms with van der Waals surface area (Å²) < 4.78 is 7.55. The van der Waals surface area contributed by atoms with Gasteiger partial charge >= 0.3 is 0 Å². The average Bonchev–Trinajstić information content (AvgIpc) is 3.44. The highest BCUT2D eigenvalue weighted by Gasteiger charge is 2.51. The second-order valence-corrected chi connectivity index (χ2v) is 10.0. The molecule has 1 N–H and O–H groups in total. The van der Waals surface area contributed by atoms with Crippen LogP contribution in [0.2, 0.25) is 0 Å². The van der Waals surface area contributed by atoms with E-state index in [1.54, 1.807) is 6.26 Å². The van der Waals surface area contributed by atoms with Gasteiger partial charge in [-0.2, -0.15) is 0 Å². The molecule has 0 aromatic carbocycles.